The molecule has 0 amide bonds. The molecule has 0 heterocycles. The molecule has 5 heteroatoms. The molecule has 1 N–H and O–H groups in total. The number of rotatable bonds is 5. The molecule has 5 nitrogen and oxygen atoms in total. The van der Waals surface area contributed by atoms with Crippen LogP contribution in [-0.4, -0.2) is 32.4 Å². The molecule has 0 aliphatic heterocycles. The first-order valence-corrected chi connectivity index (χ1v) is 4.91. The molecular formula is C12H15O5. The van der Waals surface area contributed by atoms with Gasteiger partial charge in [0.05, 0.1) is 27.2 Å². The molecule has 17 heavy (non-hydrogen) atoms. The highest BCUT2D eigenvalue weighted by molar-refractivity contribution is 5.77. The van der Waals surface area contributed by atoms with Gasteiger partial charge in [0, 0.05) is 0 Å². The maximum atomic E-state index is 10.9. The van der Waals surface area contributed by atoms with Crippen molar-refractivity contribution in [1.82, 2.24) is 0 Å². The van der Waals surface area contributed by atoms with Crippen LogP contribution in [0, 0.1) is 6.92 Å². The summed E-state index contributed by atoms with van der Waals surface area (Å²) in [7, 11) is 4.43. The third kappa shape index (κ3) is 2.61. The van der Waals surface area contributed by atoms with E-state index in [-0.39, 0.29) is 0 Å². The Morgan fingerprint density at radius 2 is 1.65 bits per heavy atom. The molecule has 0 bridgehead atoms. The number of carbonyl (C=O) groups is 1. The first kappa shape index (κ1) is 13.2. The fraction of sp³-hybridized carbons (Fsp3) is 0.333. The van der Waals surface area contributed by atoms with Gasteiger partial charge in [-0.25, -0.2) is 0 Å². The second kappa shape index (κ2) is 5.43. The summed E-state index contributed by atoms with van der Waals surface area (Å²) in [6, 6.07) is 3.15. The van der Waals surface area contributed by atoms with Crippen LogP contribution in [0.2, 0.25) is 0 Å². The number of aliphatic carboxylic acids is 1. The maximum absolute atomic E-state index is 10.9. The van der Waals surface area contributed by atoms with Crippen LogP contribution in [0.1, 0.15) is 11.5 Å². The number of carboxylic acid groups (broad SMARTS) is 1. The molecule has 0 aromatic heterocycles. The third-order valence-electron chi connectivity index (χ3n) is 2.39. The molecule has 0 aliphatic rings. The van der Waals surface area contributed by atoms with Gasteiger partial charge in [0.15, 0.2) is 11.5 Å². The van der Waals surface area contributed by atoms with Crippen LogP contribution < -0.4 is 14.2 Å². The van der Waals surface area contributed by atoms with Gasteiger partial charge in [-0.1, -0.05) is 0 Å². The van der Waals surface area contributed by atoms with E-state index in [0.29, 0.717) is 22.8 Å². The summed E-state index contributed by atoms with van der Waals surface area (Å²) in [5, 5.41) is 8.91. The summed E-state index contributed by atoms with van der Waals surface area (Å²) in [4.78, 5) is 10.9. The van der Waals surface area contributed by atoms with Crippen molar-refractivity contribution in [3.05, 3.63) is 24.6 Å². The second-order valence-electron chi connectivity index (χ2n) is 3.35. The zero-order valence-electron chi connectivity index (χ0n) is 10.0. The van der Waals surface area contributed by atoms with Crippen LogP contribution in [0.4, 0.5) is 0 Å². The van der Waals surface area contributed by atoms with Crippen molar-refractivity contribution in [2.45, 2.75) is 5.92 Å². The molecule has 1 rings (SSSR count). The Labute approximate surface area is 99.9 Å². The number of hydrogen-bond acceptors (Lipinski definition) is 4. The van der Waals surface area contributed by atoms with Gasteiger partial charge in [0.2, 0.25) is 5.75 Å². The lowest BCUT2D eigenvalue weighted by molar-refractivity contribution is -0.137. The predicted molar refractivity (Wildman–Crippen MR) is 61.8 cm³/mol. The lowest BCUT2D eigenvalue weighted by Crippen LogP contribution is -2.08. The zero-order valence-corrected chi connectivity index (χ0v) is 10.0. The van der Waals surface area contributed by atoms with Gasteiger partial charge in [-0.2, -0.15) is 0 Å². The van der Waals surface area contributed by atoms with Crippen molar-refractivity contribution in [2.24, 2.45) is 0 Å². The van der Waals surface area contributed by atoms with Crippen LogP contribution in [0.3, 0.4) is 0 Å². The molecule has 1 aromatic carbocycles. The van der Waals surface area contributed by atoms with E-state index in [0.717, 1.165) is 0 Å². The van der Waals surface area contributed by atoms with Crippen molar-refractivity contribution >= 4 is 5.97 Å². The molecule has 0 spiro atoms. The van der Waals surface area contributed by atoms with Crippen molar-refractivity contribution < 1.29 is 24.1 Å². The SMILES string of the molecule is [CH2]C(C(=O)O)c1cc(OC)c(OC)c(OC)c1. The van der Waals surface area contributed by atoms with E-state index in [1.807, 2.05) is 0 Å². The van der Waals surface area contributed by atoms with Gasteiger partial charge in [0.1, 0.15) is 0 Å². The molecule has 1 aromatic rings. The third-order valence-corrected chi connectivity index (χ3v) is 2.39. The van der Waals surface area contributed by atoms with Crippen molar-refractivity contribution in [3.8, 4) is 17.2 Å². The minimum absolute atomic E-state index is 0.414. The smallest absolute Gasteiger partial charge is 0.310 e. The van der Waals surface area contributed by atoms with Gasteiger partial charge < -0.3 is 19.3 Å². The summed E-state index contributed by atoms with van der Waals surface area (Å²) in [6.45, 7) is 3.56. The zero-order chi connectivity index (χ0) is 13.0. The molecule has 0 aliphatic carbocycles. The van der Waals surface area contributed by atoms with Crippen LogP contribution in [0.5, 0.6) is 17.2 Å². The van der Waals surface area contributed by atoms with Crippen molar-refractivity contribution in [3.63, 3.8) is 0 Å². The highest BCUT2D eigenvalue weighted by Crippen LogP contribution is 2.39. The fourth-order valence-electron chi connectivity index (χ4n) is 1.45. The normalized spacial score (nSPS) is 11.8. The number of carboxylic acids is 1. The summed E-state index contributed by atoms with van der Waals surface area (Å²) in [5.41, 5.74) is 0.493. The Bertz CT molecular complexity index is 388. The summed E-state index contributed by atoms with van der Waals surface area (Å²) in [5.74, 6) is -0.646. The first-order valence-electron chi connectivity index (χ1n) is 4.91. The summed E-state index contributed by atoms with van der Waals surface area (Å²) < 4.78 is 15.4. The Morgan fingerprint density at radius 3 is 1.94 bits per heavy atom. The van der Waals surface area contributed by atoms with Crippen LogP contribution in [0.15, 0.2) is 12.1 Å². The topological polar surface area (TPSA) is 65.0 Å². The molecule has 1 unspecified atom stereocenters. The number of ether oxygens (including phenoxy) is 3. The van der Waals surface area contributed by atoms with Gasteiger partial charge in [-0.3, -0.25) is 4.79 Å². The Morgan fingerprint density at radius 1 is 1.18 bits per heavy atom. The lowest BCUT2D eigenvalue weighted by atomic mass is 10.0. The molecule has 1 atom stereocenters. The average Bonchev–Trinajstić information content (AvgIpc) is 2.35. The van der Waals surface area contributed by atoms with Crippen molar-refractivity contribution in [2.75, 3.05) is 21.3 Å². The number of benzene rings is 1. The molecular weight excluding hydrogens is 224 g/mol. The van der Waals surface area contributed by atoms with Gasteiger partial charge in [0.25, 0.3) is 0 Å². The van der Waals surface area contributed by atoms with E-state index in [2.05, 4.69) is 6.92 Å². The standard InChI is InChI=1S/C12H15O5/c1-7(12(13)14)8-5-9(15-2)11(17-4)10(6-8)16-3/h5-7H,1H2,2-4H3,(H,13,14). The molecule has 93 valence electrons. The van der Waals surface area contributed by atoms with E-state index >= 15 is 0 Å². The number of methoxy groups -OCH3 is 3. The quantitative estimate of drug-likeness (QED) is 0.847. The van der Waals surface area contributed by atoms with E-state index in [4.69, 9.17) is 19.3 Å². The van der Waals surface area contributed by atoms with Gasteiger partial charge >= 0.3 is 5.97 Å². The fourth-order valence-corrected chi connectivity index (χ4v) is 1.45. The summed E-state index contributed by atoms with van der Waals surface area (Å²) >= 11 is 0. The maximum Gasteiger partial charge on any atom is 0.310 e. The molecule has 0 saturated carbocycles. The molecule has 0 saturated heterocycles. The van der Waals surface area contributed by atoms with Crippen LogP contribution in [-0.2, 0) is 4.79 Å². The van der Waals surface area contributed by atoms with E-state index in [1.54, 1.807) is 12.1 Å². The average molecular weight is 239 g/mol. The highest BCUT2D eigenvalue weighted by atomic mass is 16.5. The highest BCUT2D eigenvalue weighted by Gasteiger charge is 2.20. The van der Waals surface area contributed by atoms with E-state index in [1.165, 1.54) is 21.3 Å². The van der Waals surface area contributed by atoms with Crippen LogP contribution >= 0.6 is 0 Å². The monoisotopic (exact) mass is 239 g/mol. The number of hydrogen-bond donors (Lipinski definition) is 1. The van der Waals surface area contributed by atoms with Crippen molar-refractivity contribution in [1.29, 1.82) is 0 Å². The van der Waals surface area contributed by atoms with Crippen LogP contribution in [0.25, 0.3) is 0 Å². The van der Waals surface area contributed by atoms with Gasteiger partial charge in [-0.15, -0.1) is 0 Å². The van der Waals surface area contributed by atoms with E-state index in [9.17, 15) is 4.79 Å². The minimum Gasteiger partial charge on any atom is -0.493 e. The molecule has 0 fully saturated rings. The lowest BCUT2D eigenvalue weighted by Gasteiger charge is -2.15. The second-order valence-corrected chi connectivity index (χ2v) is 3.35. The first-order chi connectivity index (χ1) is 8.04. The van der Waals surface area contributed by atoms with E-state index < -0.39 is 11.9 Å². The van der Waals surface area contributed by atoms with Gasteiger partial charge in [-0.05, 0) is 24.6 Å². The molecule has 1 radical (unpaired) electrons. The Balaban J connectivity index is 3.31. The Kier molecular flexibility index (Phi) is 4.20. The predicted octanol–water partition coefficient (Wildman–Crippen LogP) is 1.71. The minimum atomic E-state index is -1.01. The largest absolute Gasteiger partial charge is 0.493 e. The summed E-state index contributed by atoms with van der Waals surface area (Å²) in [6.07, 6.45) is 0. The Hall–Kier alpha value is -1.91.